The van der Waals surface area contributed by atoms with Gasteiger partial charge in [-0.1, -0.05) is 55.4 Å². The van der Waals surface area contributed by atoms with Crippen LogP contribution in [0.2, 0.25) is 0 Å². The van der Waals surface area contributed by atoms with Crippen molar-refractivity contribution in [2.75, 3.05) is 36.0 Å². The minimum Gasteiger partial charge on any atom is -0.342 e. The monoisotopic (exact) mass is 768 g/mol. The summed E-state index contributed by atoms with van der Waals surface area (Å²) in [7, 11) is 0. The molecule has 4 aromatic heterocycles. The minimum atomic E-state index is 0.0181. The topological polar surface area (TPSA) is 76.3 Å². The van der Waals surface area contributed by atoms with Gasteiger partial charge >= 0.3 is 0 Å². The van der Waals surface area contributed by atoms with Crippen molar-refractivity contribution in [1.82, 2.24) is 19.1 Å². The summed E-state index contributed by atoms with van der Waals surface area (Å²) in [6.07, 6.45) is 10.2. The van der Waals surface area contributed by atoms with Gasteiger partial charge < -0.3 is 9.80 Å². The van der Waals surface area contributed by atoms with Crippen molar-refractivity contribution in [3.05, 3.63) is 65.9 Å². The number of hydrogen-bond donors (Lipinski definition) is 0. The fourth-order valence-electron chi connectivity index (χ4n) is 7.99. The number of aryl methyl sites for hydroxylation is 4. The molecule has 0 atom stereocenters. The van der Waals surface area contributed by atoms with Crippen LogP contribution in [0, 0.1) is 23.7 Å². The van der Waals surface area contributed by atoms with Gasteiger partial charge in [0.25, 0.3) is 11.1 Å². The molecule has 2 aliphatic carbocycles. The largest absolute Gasteiger partial charge is 0.342 e. The third-order valence-corrected chi connectivity index (χ3v) is 13.7. The molecule has 2 aliphatic rings. The molecule has 0 fully saturated rings. The third kappa shape index (κ3) is 7.79. The Labute approximate surface area is 329 Å². The molecule has 0 N–H and O–H groups in total. The zero-order chi connectivity index (χ0) is 38.3. The van der Waals surface area contributed by atoms with Crippen molar-refractivity contribution in [1.29, 1.82) is 0 Å². The van der Waals surface area contributed by atoms with E-state index in [0.717, 1.165) is 134 Å². The Morgan fingerprint density at radius 2 is 0.889 bits per heavy atom. The lowest BCUT2D eigenvalue weighted by molar-refractivity contribution is 0.527. The van der Waals surface area contributed by atoms with Crippen LogP contribution in [0.4, 0.5) is 11.9 Å². The number of anilines is 2. The molecule has 4 heterocycles. The summed E-state index contributed by atoms with van der Waals surface area (Å²) in [4.78, 5) is 49.4. The van der Waals surface area contributed by atoms with E-state index in [0.29, 0.717) is 23.7 Å². The van der Waals surface area contributed by atoms with Crippen LogP contribution in [0.15, 0.2) is 33.9 Å². The standard InChI is InChI=1S/C44H60N6O2S2/c1-27(2)19-23-47(24-20-28(3)4)43-45-39-37(33-11-9-13-35(33)53-39)41(51)49(43)31-15-17-32(18-16-31)50-42(52)38-34-12-10-14-36(34)54-40(38)46-44(50)48(25-21-29(5)6)26-22-30(7)8/h15-18,27-30H,9-14,19-26H2,1-8H3. The van der Waals surface area contributed by atoms with Crippen LogP contribution < -0.4 is 20.9 Å². The number of hydrogen-bond acceptors (Lipinski definition) is 8. The van der Waals surface area contributed by atoms with Crippen LogP contribution in [0.25, 0.3) is 31.8 Å². The Bertz CT molecular complexity index is 2040. The maximum atomic E-state index is 14.8. The van der Waals surface area contributed by atoms with Gasteiger partial charge in [0.05, 0.1) is 22.1 Å². The summed E-state index contributed by atoms with van der Waals surface area (Å²) in [5, 5.41) is 1.58. The van der Waals surface area contributed by atoms with Crippen LogP contribution in [0.1, 0.15) is 115 Å². The summed E-state index contributed by atoms with van der Waals surface area (Å²) in [5.74, 6) is 3.58. The maximum absolute atomic E-state index is 14.8. The number of aromatic nitrogens is 4. The summed E-state index contributed by atoms with van der Waals surface area (Å²) < 4.78 is 3.74. The molecular weight excluding hydrogens is 709 g/mol. The van der Waals surface area contributed by atoms with Crippen molar-refractivity contribution in [2.45, 2.75) is 120 Å². The first-order chi connectivity index (χ1) is 25.9. The van der Waals surface area contributed by atoms with Crippen LogP contribution in [-0.4, -0.2) is 45.3 Å². The first kappa shape index (κ1) is 38.8. The first-order valence-electron chi connectivity index (χ1n) is 20.7. The van der Waals surface area contributed by atoms with E-state index in [2.05, 4.69) is 65.2 Å². The fourth-order valence-corrected chi connectivity index (χ4v) is 10.5. The number of thiophene rings is 2. The van der Waals surface area contributed by atoms with E-state index < -0.39 is 0 Å². The van der Waals surface area contributed by atoms with Gasteiger partial charge in [-0.3, -0.25) is 9.59 Å². The highest BCUT2D eigenvalue weighted by atomic mass is 32.1. The number of benzene rings is 1. The Kier molecular flexibility index (Phi) is 11.7. The van der Waals surface area contributed by atoms with Gasteiger partial charge in [-0.25, -0.2) is 19.1 Å². The SMILES string of the molecule is CC(C)CCN(CCC(C)C)c1nc2sc3c(c2c(=O)n1-c1ccc(-n2c(N(CCC(C)C)CCC(C)C)nc4sc5c(c4c2=O)CCC5)cc1)CCC3. The van der Waals surface area contributed by atoms with Crippen LogP contribution in [-0.2, 0) is 25.7 Å². The van der Waals surface area contributed by atoms with Crippen LogP contribution >= 0.6 is 22.7 Å². The van der Waals surface area contributed by atoms with Gasteiger partial charge in [-0.15, -0.1) is 22.7 Å². The van der Waals surface area contributed by atoms with E-state index in [1.165, 1.54) is 20.9 Å². The molecule has 0 amide bonds. The molecule has 0 saturated heterocycles. The van der Waals surface area contributed by atoms with Crippen molar-refractivity contribution in [3.63, 3.8) is 0 Å². The molecule has 0 saturated carbocycles. The molecule has 7 rings (SSSR count). The van der Waals surface area contributed by atoms with E-state index in [1.807, 2.05) is 33.4 Å². The first-order valence-corrected chi connectivity index (χ1v) is 22.3. The smallest absolute Gasteiger partial charge is 0.268 e. The van der Waals surface area contributed by atoms with E-state index in [9.17, 15) is 9.59 Å². The summed E-state index contributed by atoms with van der Waals surface area (Å²) in [6.45, 7) is 21.4. The molecule has 0 spiro atoms. The van der Waals surface area contributed by atoms with E-state index in [-0.39, 0.29) is 11.1 Å². The molecule has 10 heteroatoms. The Morgan fingerprint density at radius 1 is 0.556 bits per heavy atom. The van der Waals surface area contributed by atoms with Crippen LogP contribution in [0.5, 0.6) is 0 Å². The van der Waals surface area contributed by atoms with Gasteiger partial charge in [-0.05, 0) is 123 Å². The van der Waals surface area contributed by atoms with Crippen molar-refractivity contribution >= 4 is 55.0 Å². The second-order valence-electron chi connectivity index (χ2n) is 17.4. The zero-order valence-electron chi connectivity index (χ0n) is 33.8. The molecule has 8 nitrogen and oxygen atoms in total. The second-order valence-corrected chi connectivity index (χ2v) is 19.6. The second kappa shape index (κ2) is 16.3. The van der Waals surface area contributed by atoms with Crippen molar-refractivity contribution in [3.8, 4) is 11.4 Å². The van der Waals surface area contributed by atoms with E-state index in [1.54, 1.807) is 22.7 Å². The average Bonchev–Trinajstić information content (AvgIpc) is 3.90. The van der Waals surface area contributed by atoms with E-state index >= 15 is 0 Å². The highest BCUT2D eigenvalue weighted by Crippen LogP contribution is 2.38. The molecule has 290 valence electrons. The lowest BCUT2D eigenvalue weighted by Crippen LogP contribution is -2.35. The van der Waals surface area contributed by atoms with Gasteiger partial charge in [0.2, 0.25) is 11.9 Å². The van der Waals surface area contributed by atoms with Gasteiger partial charge in [0, 0.05) is 35.9 Å². The maximum Gasteiger partial charge on any atom is 0.268 e. The molecule has 0 radical (unpaired) electrons. The molecule has 0 bridgehead atoms. The summed E-state index contributed by atoms with van der Waals surface area (Å²) in [6, 6.07) is 8.09. The number of fused-ring (bicyclic) bond motifs is 6. The molecule has 0 unspecified atom stereocenters. The van der Waals surface area contributed by atoms with Gasteiger partial charge in [0.1, 0.15) is 9.66 Å². The minimum absolute atomic E-state index is 0.0181. The average molecular weight is 769 g/mol. The lowest BCUT2D eigenvalue weighted by atomic mass is 10.1. The molecule has 54 heavy (non-hydrogen) atoms. The molecule has 1 aromatic carbocycles. The van der Waals surface area contributed by atoms with Crippen molar-refractivity contribution in [2.24, 2.45) is 23.7 Å². The summed E-state index contributed by atoms with van der Waals surface area (Å²) >= 11 is 3.42. The third-order valence-electron chi connectivity index (χ3n) is 11.3. The van der Waals surface area contributed by atoms with E-state index in [4.69, 9.17) is 9.97 Å². The highest BCUT2D eigenvalue weighted by molar-refractivity contribution is 7.19. The lowest BCUT2D eigenvalue weighted by Gasteiger charge is -2.29. The number of nitrogens with zero attached hydrogens (tertiary/aromatic N) is 6. The Hall–Kier alpha value is -3.50. The zero-order valence-corrected chi connectivity index (χ0v) is 35.5. The molecule has 0 aliphatic heterocycles. The van der Waals surface area contributed by atoms with Crippen LogP contribution in [0.3, 0.4) is 0 Å². The summed E-state index contributed by atoms with van der Waals surface area (Å²) in [5.41, 5.74) is 3.99. The molecule has 5 aromatic rings. The van der Waals surface area contributed by atoms with Crippen molar-refractivity contribution < 1.29 is 0 Å². The normalized spacial score (nSPS) is 14.1. The Balaban J connectivity index is 1.39. The highest BCUT2D eigenvalue weighted by Gasteiger charge is 2.28. The quantitative estimate of drug-likeness (QED) is 0.0995. The number of rotatable bonds is 16. The molecular formula is C44H60N6O2S2. The predicted molar refractivity (Wildman–Crippen MR) is 230 cm³/mol. The van der Waals surface area contributed by atoms with Gasteiger partial charge in [-0.2, -0.15) is 0 Å². The predicted octanol–water partition coefficient (Wildman–Crippen LogP) is 9.98. The fraction of sp³-hybridized carbons (Fsp3) is 0.591. The Morgan fingerprint density at radius 3 is 1.20 bits per heavy atom. The van der Waals surface area contributed by atoms with Gasteiger partial charge in [0.15, 0.2) is 0 Å².